The van der Waals surface area contributed by atoms with Crippen LogP contribution in [0.3, 0.4) is 0 Å². The number of amides is 2. The normalized spacial score (nSPS) is 16.8. The van der Waals surface area contributed by atoms with E-state index in [2.05, 4.69) is 10.3 Å². The van der Waals surface area contributed by atoms with Gasteiger partial charge >= 0.3 is 6.09 Å². The van der Waals surface area contributed by atoms with Crippen molar-refractivity contribution in [2.75, 3.05) is 19.6 Å². The van der Waals surface area contributed by atoms with Gasteiger partial charge in [-0.25, -0.2) is 4.79 Å². The topological polar surface area (TPSA) is 122 Å². The van der Waals surface area contributed by atoms with Crippen LogP contribution in [0.4, 0.5) is 4.79 Å². The highest BCUT2D eigenvalue weighted by Gasteiger charge is 2.36. The number of rotatable bonds is 5. The summed E-state index contributed by atoms with van der Waals surface area (Å²) in [6.07, 6.45) is 3.56. The van der Waals surface area contributed by atoms with Crippen LogP contribution in [0.25, 0.3) is 11.0 Å². The Bertz CT molecular complexity index is 739. The number of nitrogens with one attached hydrogen (secondary N) is 1. The maximum absolute atomic E-state index is 11.8. The number of piperidine rings is 1. The number of carboxylic acid groups (broad SMARTS) is 1. The van der Waals surface area contributed by atoms with Crippen molar-refractivity contribution < 1.29 is 19.1 Å². The van der Waals surface area contributed by atoms with Crippen LogP contribution in [0, 0.1) is 5.92 Å². The molecule has 2 aromatic rings. The van der Waals surface area contributed by atoms with E-state index in [9.17, 15) is 14.7 Å². The van der Waals surface area contributed by atoms with Crippen LogP contribution in [-0.4, -0.2) is 46.6 Å². The lowest BCUT2D eigenvalue weighted by Crippen LogP contribution is -2.45. The number of carbonyl (C=O) groups is 2. The molecule has 0 bridgehead atoms. The van der Waals surface area contributed by atoms with E-state index >= 15 is 0 Å². The molecule has 8 nitrogen and oxygen atoms in total. The highest BCUT2D eigenvalue weighted by Crippen LogP contribution is 2.36. The van der Waals surface area contributed by atoms with Crippen LogP contribution in [0.5, 0.6) is 0 Å². The van der Waals surface area contributed by atoms with Gasteiger partial charge in [0.25, 0.3) is 0 Å². The summed E-state index contributed by atoms with van der Waals surface area (Å²) in [6.45, 7) is 1.24. The van der Waals surface area contributed by atoms with Gasteiger partial charge in [-0.3, -0.25) is 14.7 Å². The summed E-state index contributed by atoms with van der Waals surface area (Å²) >= 11 is 0. The van der Waals surface area contributed by atoms with E-state index in [0.29, 0.717) is 11.3 Å². The maximum Gasteiger partial charge on any atom is 0.408 e. The van der Waals surface area contributed by atoms with Crippen molar-refractivity contribution in [1.82, 2.24) is 15.2 Å². The molecule has 1 saturated heterocycles. The number of nitrogens with zero attached hydrogens (tertiary/aromatic N) is 2. The minimum atomic E-state index is -1.18. The van der Waals surface area contributed by atoms with Gasteiger partial charge in [0.15, 0.2) is 0 Å². The summed E-state index contributed by atoms with van der Waals surface area (Å²) in [5.41, 5.74) is 6.52. The fourth-order valence-electron chi connectivity index (χ4n) is 3.39. The molecule has 8 heteroatoms. The van der Waals surface area contributed by atoms with Gasteiger partial charge < -0.3 is 20.6 Å². The van der Waals surface area contributed by atoms with Crippen LogP contribution < -0.4 is 11.1 Å². The summed E-state index contributed by atoms with van der Waals surface area (Å²) < 4.78 is 5.41. The number of carbonyl (C=O) groups excluding carboxylic acids is 1. The lowest BCUT2D eigenvalue weighted by atomic mass is 9.86. The molecule has 1 atom stereocenters. The number of primary amides is 1. The Labute approximate surface area is 138 Å². The monoisotopic (exact) mass is 332 g/mol. The Morgan fingerprint density at radius 3 is 2.83 bits per heavy atom. The number of hydrogen-bond acceptors (Lipinski definition) is 5. The van der Waals surface area contributed by atoms with E-state index in [1.54, 1.807) is 24.6 Å². The molecule has 3 rings (SSSR count). The first-order chi connectivity index (χ1) is 11.6. The number of nitrogens with two attached hydrogens (primary N) is 1. The third-order valence-electron chi connectivity index (χ3n) is 4.43. The summed E-state index contributed by atoms with van der Waals surface area (Å²) in [7, 11) is 0. The molecule has 2 aromatic heterocycles. The molecule has 1 unspecified atom stereocenters. The van der Waals surface area contributed by atoms with E-state index in [4.69, 9.17) is 10.2 Å². The zero-order valence-electron chi connectivity index (χ0n) is 13.1. The summed E-state index contributed by atoms with van der Waals surface area (Å²) in [5.74, 6) is -0.634. The van der Waals surface area contributed by atoms with Crippen molar-refractivity contribution in [3.63, 3.8) is 0 Å². The molecule has 0 radical (unpaired) electrons. The minimum absolute atomic E-state index is 0.0506. The number of fused-ring (bicyclic) bond motifs is 1. The number of hydrogen-bond donors (Lipinski definition) is 3. The number of aromatic nitrogens is 1. The second kappa shape index (κ2) is 6.88. The van der Waals surface area contributed by atoms with Crippen molar-refractivity contribution in [1.29, 1.82) is 0 Å². The van der Waals surface area contributed by atoms with Gasteiger partial charge in [-0.05, 0) is 44.0 Å². The van der Waals surface area contributed by atoms with Crippen LogP contribution >= 0.6 is 0 Å². The third kappa shape index (κ3) is 3.18. The van der Waals surface area contributed by atoms with Crippen LogP contribution in [0.2, 0.25) is 0 Å². The highest BCUT2D eigenvalue weighted by atomic mass is 16.4. The zero-order chi connectivity index (χ0) is 17.1. The first-order valence-corrected chi connectivity index (χ1v) is 7.88. The third-order valence-corrected chi connectivity index (χ3v) is 4.43. The summed E-state index contributed by atoms with van der Waals surface area (Å²) in [5, 5.41) is 13.7. The Morgan fingerprint density at radius 1 is 1.42 bits per heavy atom. The van der Waals surface area contributed by atoms with Gasteiger partial charge in [-0.15, -0.1) is 0 Å². The Morgan fingerprint density at radius 2 is 2.17 bits per heavy atom. The Balaban J connectivity index is 2.08. The molecule has 0 aromatic carbocycles. The van der Waals surface area contributed by atoms with Gasteiger partial charge in [0.2, 0.25) is 5.91 Å². The van der Waals surface area contributed by atoms with E-state index in [-0.39, 0.29) is 12.5 Å². The molecule has 3 heterocycles. The van der Waals surface area contributed by atoms with E-state index in [1.807, 2.05) is 0 Å². The lowest BCUT2D eigenvalue weighted by Gasteiger charge is -2.36. The molecule has 4 N–H and O–H groups in total. The average molecular weight is 332 g/mol. The smallest absolute Gasteiger partial charge is 0.408 e. The van der Waals surface area contributed by atoms with E-state index < -0.39 is 18.0 Å². The Kier molecular flexibility index (Phi) is 4.66. The van der Waals surface area contributed by atoms with Crippen molar-refractivity contribution in [3.8, 4) is 0 Å². The van der Waals surface area contributed by atoms with Gasteiger partial charge in [-0.2, -0.15) is 0 Å². The molecular weight excluding hydrogens is 312 g/mol. The number of furan rings is 1. The van der Waals surface area contributed by atoms with E-state index in [1.165, 1.54) is 0 Å². The van der Waals surface area contributed by atoms with Crippen LogP contribution in [0.15, 0.2) is 29.0 Å². The maximum atomic E-state index is 11.8. The largest absolute Gasteiger partial charge is 0.465 e. The van der Waals surface area contributed by atoms with Crippen molar-refractivity contribution in [2.24, 2.45) is 11.7 Å². The van der Waals surface area contributed by atoms with Gasteiger partial charge in [0, 0.05) is 11.6 Å². The van der Waals surface area contributed by atoms with Gasteiger partial charge in [0.1, 0.15) is 12.1 Å². The lowest BCUT2D eigenvalue weighted by molar-refractivity contribution is -0.119. The van der Waals surface area contributed by atoms with E-state index in [0.717, 1.165) is 36.2 Å². The first-order valence-electron chi connectivity index (χ1n) is 7.88. The summed E-state index contributed by atoms with van der Waals surface area (Å²) in [4.78, 5) is 28.8. The first kappa shape index (κ1) is 16.3. The molecule has 24 heavy (non-hydrogen) atoms. The standard InChI is InChI=1S/C16H20N4O4/c17-13(21)9-20(16(22)23)15(10-1-5-18-6-2-10)14-11-4-8-24-12(11)3-7-19-14/h3-4,7-8,10,15,18H,1-2,5-6,9H2,(H2,17,21)(H,22,23). The zero-order valence-corrected chi connectivity index (χ0v) is 13.1. The summed E-state index contributed by atoms with van der Waals surface area (Å²) in [6, 6.07) is 2.96. The van der Waals surface area contributed by atoms with Crippen LogP contribution in [-0.2, 0) is 4.79 Å². The fourth-order valence-corrected chi connectivity index (χ4v) is 3.39. The molecular formula is C16H20N4O4. The molecule has 1 aliphatic heterocycles. The second-order valence-electron chi connectivity index (χ2n) is 5.94. The van der Waals surface area contributed by atoms with Crippen molar-refractivity contribution in [3.05, 3.63) is 30.3 Å². The minimum Gasteiger partial charge on any atom is -0.465 e. The predicted octanol–water partition coefficient (Wildman–Crippen LogP) is 1.33. The quantitative estimate of drug-likeness (QED) is 0.759. The van der Waals surface area contributed by atoms with Gasteiger partial charge in [-0.1, -0.05) is 0 Å². The van der Waals surface area contributed by atoms with Crippen molar-refractivity contribution >= 4 is 23.0 Å². The SMILES string of the molecule is NC(=O)CN(C(=O)O)C(c1nccc2occc12)C1CCNCC1. The van der Waals surface area contributed by atoms with Crippen molar-refractivity contribution in [2.45, 2.75) is 18.9 Å². The second-order valence-corrected chi connectivity index (χ2v) is 5.94. The number of pyridine rings is 1. The van der Waals surface area contributed by atoms with Gasteiger partial charge in [0.05, 0.1) is 18.0 Å². The molecule has 0 saturated carbocycles. The predicted molar refractivity (Wildman–Crippen MR) is 86.3 cm³/mol. The average Bonchev–Trinajstić information content (AvgIpc) is 3.04. The van der Waals surface area contributed by atoms with Crippen LogP contribution in [0.1, 0.15) is 24.6 Å². The Hall–Kier alpha value is -2.61. The molecule has 2 amide bonds. The molecule has 128 valence electrons. The molecule has 1 fully saturated rings. The fraction of sp³-hybridized carbons (Fsp3) is 0.438. The molecule has 0 spiro atoms. The highest BCUT2D eigenvalue weighted by molar-refractivity contribution is 5.83. The molecule has 0 aliphatic carbocycles. The molecule has 1 aliphatic rings.